The van der Waals surface area contributed by atoms with E-state index in [4.69, 9.17) is 0 Å². The van der Waals surface area contributed by atoms with Gasteiger partial charge in [-0.2, -0.15) is 0 Å². The van der Waals surface area contributed by atoms with Crippen LogP contribution in [0.15, 0.2) is 241 Å². The number of aromatic hydroxyl groups is 6. The standard InChI is InChI=1S/C54H60O3.C27H24O3/c1-10-19-40-28-37(29-41(20-11-2)52(40)55)34-49-46(25-16-7)50(35-38-30-42(21-12-3)53(56)43(31-38)22-13-4)48(27-18-9)51(47(49)26-17-8)36-39-32-44(23-14-5)54(57)45(33-39)24-15-6;28-25-13-4-1-8-21(25)16-19-11-7-12-20(17-22-9-2-5-14-26(22)29)24(19)18-23-10-3-6-15-27(23)30/h10-18,28-33,55-57H,1-9,19-27,34-36H2;1-15,28-30H,16-18H2. The van der Waals surface area contributed by atoms with Crippen molar-refractivity contribution in [3.63, 3.8) is 0 Å². The molecule has 0 heterocycles. The summed E-state index contributed by atoms with van der Waals surface area (Å²) in [5.74, 6) is 1.68. The van der Waals surface area contributed by atoms with E-state index in [0.29, 0.717) is 96.3 Å². The first kappa shape index (κ1) is 64.8. The summed E-state index contributed by atoms with van der Waals surface area (Å²) in [6, 6.07) is 40.8. The SMILES string of the molecule is C=CCc1cc(Cc2c(CC=C)c(Cc3cc(CC=C)c(O)c(CC=C)c3)c(CC=C)c(Cc3cc(CC=C)c(O)c(CC=C)c3)c2CC=C)cc(CC=C)c1O.Oc1ccccc1Cc1cccc(Cc2ccccc2O)c1Cc1ccccc1O. The van der Waals surface area contributed by atoms with E-state index in [1.165, 1.54) is 33.4 Å². The number of para-hydroxylation sites is 3. The molecule has 0 saturated carbocycles. The lowest BCUT2D eigenvalue weighted by Crippen LogP contribution is -2.15. The normalized spacial score (nSPS) is 10.8. The second-order valence-electron chi connectivity index (χ2n) is 22.1. The first-order valence-electron chi connectivity index (χ1n) is 29.8. The molecule has 0 unspecified atom stereocenters. The van der Waals surface area contributed by atoms with Gasteiger partial charge < -0.3 is 30.6 Å². The number of phenols is 6. The third kappa shape index (κ3) is 16.4. The van der Waals surface area contributed by atoms with E-state index in [1.807, 2.05) is 115 Å². The lowest BCUT2D eigenvalue weighted by Gasteiger charge is -2.28. The third-order valence-corrected chi connectivity index (χ3v) is 16.0. The fraction of sp³-hybridized carbons (Fsp3) is 0.185. The number of hydrogen-bond acceptors (Lipinski definition) is 6. The van der Waals surface area contributed by atoms with E-state index in [1.54, 1.807) is 18.2 Å². The van der Waals surface area contributed by atoms with E-state index < -0.39 is 0 Å². The molecular weight excluding hydrogens is 1070 g/mol. The van der Waals surface area contributed by atoms with Crippen molar-refractivity contribution >= 4 is 0 Å². The molecule has 0 bridgehead atoms. The Kier molecular flexibility index (Phi) is 23.8. The highest BCUT2D eigenvalue weighted by atomic mass is 16.3. The molecule has 8 aromatic carbocycles. The summed E-state index contributed by atoms with van der Waals surface area (Å²) in [5, 5.41) is 64.5. The molecule has 0 amide bonds. The van der Waals surface area contributed by atoms with Crippen molar-refractivity contribution in [2.45, 2.75) is 96.3 Å². The van der Waals surface area contributed by atoms with Crippen LogP contribution in [0.25, 0.3) is 0 Å². The van der Waals surface area contributed by atoms with Gasteiger partial charge in [-0.3, -0.25) is 0 Å². The summed E-state index contributed by atoms with van der Waals surface area (Å²) in [6.45, 7) is 36.5. The van der Waals surface area contributed by atoms with Crippen LogP contribution in [0, 0.1) is 0 Å². The third-order valence-electron chi connectivity index (χ3n) is 16.0. The molecule has 0 fully saturated rings. The fourth-order valence-electron chi connectivity index (χ4n) is 12.0. The van der Waals surface area contributed by atoms with Gasteiger partial charge in [-0.05, 0) is 212 Å². The average molecular weight is 1150 g/mol. The maximum absolute atomic E-state index is 11.2. The van der Waals surface area contributed by atoms with Gasteiger partial charge in [0, 0.05) is 19.3 Å². The Morgan fingerprint density at radius 1 is 0.218 bits per heavy atom. The van der Waals surface area contributed by atoms with Crippen LogP contribution in [0.3, 0.4) is 0 Å². The van der Waals surface area contributed by atoms with Gasteiger partial charge in [-0.15, -0.1) is 59.2 Å². The molecule has 0 spiro atoms. The Labute approximate surface area is 516 Å². The van der Waals surface area contributed by atoms with Crippen LogP contribution in [0.1, 0.15) is 117 Å². The molecule has 87 heavy (non-hydrogen) atoms. The second kappa shape index (κ2) is 31.9. The van der Waals surface area contributed by atoms with Crippen LogP contribution >= 0.6 is 0 Å². The van der Waals surface area contributed by atoms with E-state index in [-0.39, 0.29) is 34.5 Å². The van der Waals surface area contributed by atoms with Gasteiger partial charge in [-0.1, -0.05) is 164 Å². The molecule has 0 aliphatic rings. The fourth-order valence-corrected chi connectivity index (χ4v) is 12.0. The van der Waals surface area contributed by atoms with Crippen LogP contribution in [0.2, 0.25) is 0 Å². The number of rotatable bonds is 30. The molecular formula is C81H84O6. The van der Waals surface area contributed by atoms with Crippen molar-refractivity contribution in [1.82, 2.24) is 0 Å². The van der Waals surface area contributed by atoms with E-state index in [0.717, 1.165) is 83.5 Å². The van der Waals surface area contributed by atoms with E-state index >= 15 is 0 Å². The van der Waals surface area contributed by atoms with Gasteiger partial charge in [0.25, 0.3) is 0 Å². The molecule has 0 saturated heterocycles. The predicted molar refractivity (Wildman–Crippen MR) is 363 cm³/mol. The highest BCUT2D eigenvalue weighted by Crippen LogP contribution is 2.40. The molecule has 6 N–H and O–H groups in total. The van der Waals surface area contributed by atoms with Gasteiger partial charge in [0.05, 0.1) is 0 Å². The molecule has 444 valence electrons. The van der Waals surface area contributed by atoms with Crippen molar-refractivity contribution < 1.29 is 30.6 Å². The van der Waals surface area contributed by atoms with Gasteiger partial charge >= 0.3 is 0 Å². The zero-order chi connectivity index (χ0) is 62.4. The van der Waals surface area contributed by atoms with E-state index in [9.17, 15) is 30.6 Å². The van der Waals surface area contributed by atoms with Crippen molar-refractivity contribution in [2.75, 3.05) is 0 Å². The number of allylic oxidation sites excluding steroid dienone is 9. The Morgan fingerprint density at radius 2 is 0.448 bits per heavy atom. The second-order valence-corrected chi connectivity index (χ2v) is 22.1. The minimum Gasteiger partial charge on any atom is -0.508 e. The molecule has 8 aromatic rings. The monoisotopic (exact) mass is 1150 g/mol. The average Bonchev–Trinajstić information content (AvgIpc) is 1.59. The lowest BCUT2D eigenvalue weighted by atomic mass is 9.77. The minimum atomic E-state index is 0.267. The van der Waals surface area contributed by atoms with Crippen molar-refractivity contribution in [3.05, 3.63) is 358 Å². The zero-order valence-electron chi connectivity index (χ0n) is 50.5. The number of benzene rings is 8. The van der Waals surface area contributed by atoms with Gasteiger partial charge in [0.2, 0.25) is 0 Å². The summed E-state index contributed by atoms with van der Waals surface area (Å²) >= 11 is 0. The van der Waals surface area contributed by atoms with Crippen LogP contribution in [0.4, 0.5) is 0 Å². The molecule has 0 atom stereocenters. The van der Waals surface area contributed by atoms with Crippen molar-refractivity contribution in [3.8, 4) is 34.5 Å². The zero-order valence-corrected chi connectivity index (χ0v) is 50.5. The Balaban J connectivity index is 0.000000300. The highest BCUT2D eigenvalue weighted by Gasteiger charge is 2.25. The van der Waals surface area contributed by atoms with Crippen LogP contribution < -0.4 is 0 Å². The first-order valence-corrected chi connectivity index (χ1v) is 29.8. The quantitative estimate of drug-likeness (QED) is 0.0250. The summed E-state index contributed by atoms with van der Waals surface area (Å²) in [5.41, 5.74) is 21.4. The van der Waals surface area contributed by atoms with Crippen molar-refractivity contribution in [2.24, 2.45) is 0 Å². The predicted octanol–water partition coefficient (Wildman–Crippen LogP) is 17.7. The topological polar surface area (TPSA) is 121 Å². The number of hydrogen-bond donors (Lipinski definition) is 6. The molecule has 6 nitrogen and oxygen atoms in total. The Hall–Kier alpha value is -9.78. The largest absolute Gasteiger partial charge is 0.508 e. The summed E-state index contributed by atoms with van der Waals surface area (Å²) in [4.78, 5) is 0. The summed E-state index contributed by atoms with van der Waals surface area (Å²) < 4.78 is 0. The van der Waals surface area contributed by atoms with Crippen molar-refractivity contribution in [1.29, 1.82) is 0 Å². The first-order chi connectivity index (χ1) is 42.2. The van der Waals surface area contributed by atoms with Gasteiger partial charge in [0.1, 0.15) is 34.5 Å². The lowest BCUT2D eigenvalue weighted by molar-refractivity contribution is 0.463. The molecule has 0 aromatic heterocycles. The number of phenolic OH excluding ortho intramolecular Hbond substituents is 6. The molecule has 0 aliphatic heterocycles. The summed E-state index contributed by atoms with van der Waals surface area (Å²) in [6.07, 6.45) is 25.6. The van der Waals surface area contributed by atoms with Crippen LogP contribution in [-0.4, -0.2) is 30.6 Å². The molecule has 0 radical (unpaired) electrons. The molecule has 8 rings (SSSR count). The maximum Gasteiger partial charge on any atom is 0.122 e. The highest BCUT2D eigenvalue weighted by molar-refractivity contribution is 5.60. The minimum absolute atomic E-state index is 0.267. The van der Waals surface area contributed by atoms with E-state index in [2.05, 4.69) is 108 Å². The Morgan fingerprint density at radius 3 is 0.690 bits per heavy atom. The molecule has 0 aliphatic carbocycles. The van der Waals surface area contributed by atoms with Crippen LogP contribution in [-0.2, 0) is 96.3 Å². The van der Waals surface area contributed by atoms with Gasteiger partial charge in [0.15, 0.2) is 0 Å². The maximum atomic E-state index is 11.2. The molecule has 6 heteroatoms. The Bertz CT molecular complexity index is 3400. The van der Waals surface area contributed by atoms with Crippen LogP contribution in [0.5, 0.6) is 34.5 Å². The summed E-state index contributed by atoms with van der Waals surface area (Å²) in [7, 11) is 0. The smallest absolute Gasteiger partial charge is 0.122 e. The van der Waals surface area contributed by atoms with Gasteiger partial charge in [-0.25, -0.2) is 0 Å².